The van der Waals surface area contributed by atoms with Gasteiger partial charge in [-0.15, -0.1) is 0 Å². The summed E-state index contributed by atoms with van der Waals surface area (Å²) >= 11 is 0. The fourth-order valence-corrected chi connectivity index (χ4v) is 11.5. The first-order valence-corrected chi connectivity index (χ1v) is 24.3. The molecule has 0 fully saturated rings. The lowest BCUT2D eigenvalue weighted by Crippen LogP contribution is -2.27. The molecule has 6 nitrogen and oxygen atoms in total. The van der Waals surface area contributed by atoms with E-state index in [9.17, 15) is 0 Å². The van der Waals surface area contributed by atoms with E-state index < -0.39 is 0 Å². The summed E-state index contributed by atoms with van der Waals surface area (Å²) in [7, 11) is 0. The van der Waals surface area contributed by atoms with Crippen molar-refractivity contribution in [1.82, 2.24) is 29.9 Å². The maximum absolute atomic E-state index is 5.25. The van der Waals surface area contributed by atoms with Crippen molar-refractivity contribution in [1.29, 1.82) is 0 Å². The first-order valence-electron chi connectivity index (χ1n) is 24.3. The summed E-state index contributed by atoms with van der Waals surface area (Å²) in [5.41, 5.74) is 21.2. The molecule has 4 aliphatic rings. The SMILES string of the molecule is CC1(C)c2ccccc2-c2cc(-c3ccc(-c4nc(-c5ccccc5)nc(-c5ccc6c(c5)C5c7ccccc7C6c6cc(-c7nc(-c8ccccc8)nc(-c8ccccc8)n7)ccc65)n4)cc3)ccc21. The topological polar surface area (TPSA) is 77.3 Å². The highest BCUT2D eigenvalue weighted by Gasteiger charge is 2.42. The minimum absolute atomic E-state index is 0.0227. The smallest absolute Gasteiger partial charge is 0.164 e. The summed E-state index contributed by atoms with van der Waals surface area (Å²) in [5.74, 6) is 3.92. The molecule has 2 bridgehead atoms. The molecule has 2 aromatic heterocycles. The van der Waals surface area contributed by atoms with E-state index in [1.165, 1.54) is 61.2 Å². The number of rotatable bonds is 7. The molecule has 9 aromatic carbocycles. The maximum Gasteiger partial charge on any atom is 0.164 e. The van der Waals surface area contributed by atoms with Crippen molar-refractivity contribution in [3.8, 4) is 90.6 Å². The molecule has 71 heavy (non-hydrogen) atoms. The van der Waals surface area contributed by atoms with Gasteiger partial charge in [-0.1, -0.05) is 214 Å². The lowest BCUT2D eigenvalue weighted by atomic mass is 9.61. The van der Waals surface area contributed by atoms with E-state index in [0.717, 1.165) is 38.9 Å². The van der Waals surface area contributed by atoms with Crippen molar-refractivity contribution < 1.29 is 0 Å². The average molecular weight is 909 g/mol. The number of hydrogen-bond acceptors (Lipinski definition) is 6. The van der Waals surface area contributed by atoms with Gasteiger partial charge >= 0.3 is 0 Å². The van der Waals surface area contributed by atoms with E-state index in [2.05, 4.69) is 178 Å². The molecular formula is C65H44N6. The van der Waals surface area contributed by atoms with Gasteiger partial charge in [0.2, 0.25) is 0 Å². The molecule has 0 aliphatic heterocycles. The third-order valence-electron chi connectivity index (χ3n) is 15.0. The van der Waals surface area contributed by atoms with Crippen LogP contribution in [0.25, 0.3) is 90.6 Å². The molecule has 15 rings (SSSR count). The van der Waals surface area contributed by atoms with Gasteiger partial charge in [-0.3, -0.25) is 0 Å². The number of fused-ring (bicyclic) bond motifs is 3. The first kappa shape index (κ1) is 41.0. The van der Waals surface area contributed by atoms with Crippen LogP contribution in [-0.2, 0) is 5.41 Å². The van der Waals surface area contributed by atoms with Gasteiger partial charge in [0, 0.05) is 50.6 Å². The zero-order chi connectivity index (χ0) is 47.2. The van der Waals surface area contributed by atoms with Crippen LogP contribution in [0.1, 0.15) is 70.2 Å². The first-order chi connectivity index (χ1) is 34.9. The molecule has 4 aliphatic carbocycles. The van der Waals surface area contributed by atoms with Crippen LogP contribution in [0.5, 0.6) is 0 Å². The second-order valence-electron chi connectivity index (χ2n) is 19.4. The molecule has 2 heterocycles. The van der Waals surface area contributed by atoms with Crippen molar-refractivity contribution in [3.63, 3.8) is 0 Å². The van der Waals surface area contributed by atoms with Gasteiger partial charge in [-0.05, 0) is 85.0 Å². The summed E-state index contributed by atoms with van der Waals surface area (Å²) in [5, 5.41) is 0. The molecule has 0 amide bonds. The minimum atomic E-state index is -0.0309. The fourth-order valence-electron chi connectivity index (χ4n) is 11.5. The highest BCUT2D eigenvalue weighted by atomic mass is 15.0. The van der Waals surface area contributed by atoms with Crippen LogP contribution >= 0.6 is 0 Å². The minimum Gasteiger partial charge on any atom is -0.208 e. The summed E-state index contributed by atoms with van der Waals surface area (Å²) in [4.78, 5) is 30.7. The largest absolute Gasteiger partial charge is 0.208 e. The van der Waals surface area contributed by atoms with Gasteiger partial charge in [-0.25, -0.2) is 29.9 Å². The second-order valence-corrected chi connectivity index (χ2v) is 19.4. The fraction of sp³-hybridized carbons (Fsp3) is 0.0769. The molecule has 0 saturated carbocycles. The molecule has 0 radical (unpaired) electrons. The summed E-state index contributed by atoms with van der Waals surface area (Å²) in [6, 6.07) is 77.5. The second kappa shape index (κ2) is 16.0. The number of aromatic nitrogens is 6. The van der Waals surface area contributed by atoms with E-state index in [0.29, 0.717) is 34.9 Å². The van der Waals surface area contributed by atoms with E-state index in [1.807, 2.05) is 54.6 Å². The predicted octanol–water partition coefficient (Wildman–Crippen LogP) is 15.0. The van der Waals surface area contributed by atoms with E-state index >= 15 is 0 Å². The lowest BCUT2D eigenvalue weighted by Gasteiger charge is -2.42. The van der Waals surface area contributed by atoms with Crippen LogP contribution in [0.2, 0.25) is 0 Å². The molecule has 6 heteroatoms. The Bertz CT molecular complexity index is 3850. The Morgan fingerprint density at radius 2 is 0.592 bits per heavy atom. The Balaban J connectivity index is 0.847. The van der Waals surface area contributed by atoms with Crippen molar-refractivity contribution >= 4 is 0 Å². The highest BCUT2D eigenvalue weighted by molar-refractivity contribution is 5.85. The average Bonchev–Trinajstić information content (AvgIpc) is 3.68. The summed E-state index contributed by atoms with van der Waals surface area (Å²) < 4.78 is 0. The molecule has 0 N–H and O–H groups in total. The van der Waals surface area contributed by atoms with Gasteiger partial charge in [-0.2, -0.15) is 0 Å². The van der Waals surface area contributed by atoms with Gasteiger partial charge in [0.05, 0.1) is 0 Å². The molecule has 334 valence electrons. The summed E-state index contributed by atoms with van der Waals surface area (Å²) in [6.07, 6.45) is 0. The Morgan fingerprint density at radius 3 is 1.07 bits per heavy atom. The van der Waals surface area contributed by atoms with Crippen molar-refractivity contribution in [2.45, 2.75) is 31.1 Å². The summed E-state index contributed by atoms with van der Waals surface area (Å²) in [6.45, 7) is 4.65. The molecule has 0 spiro atoms. The molecule has 0 saturated heterocycles. The number of nitrogens with zero attached hydrogens (tertiary/aromatic N) is 6. The maximum atomic E-state index is 5.25. The van der Waals surface area contributed by atoms with Crippen LogP contribution in [0, 0.1) is 0 Å². The van der Waals surface area contributed by atoms with Crippen LogP contribution < -0.4 is 0 Å². The van der Waals surface area contributed by atoms with E-state index in [-0.39, 0.29) is 17.3 Å². The van der Waals surface area contributed by atoms with Crippen molar-refractivity contribution in [2.24, 2.45) is 0 Å². The van der Waals surface area contributed by atoms with Crippen LogP contribution in [0.4, 0.5) is 0 Å². The normalized spacial score (nSPS) is 15.3. The van der Waals surface area contributed by atoms with Crippen molar-refractivity contribution in [2.75, 3.05) is 0 Å². The zero-order valence-corrected chi connectivity index (χ0v) is 39.1. The highest BCUT2D eigenvalue weighted by Crippen LogP contribution is 2.57. The lowest BCUT2D eigenvalue weighted by molar-refractivity contribution is 0.660. The standard InChI is InChI=1S/C65H44N6/c1-65(2)55-25-15-14-22-47(55)52-36-44(32-35-56(52)65)39-26-28-43(29-27-39)62-67-61(42-20-10-5-11-21-42)70-64(71-62)46-31-34-51-54(38-46)58-49-24-13-12-23-48(49)57(51)53-37-45(30-33-50(53)58)63-68-59(40-16-6-3-7-17-40)66-60(69-63)41-18-8-4-9-19-41/h3-38,57-58H,1-2H3. The monoisotopic (exact) mass is 908 g/mol. The van der Waals surface area contributed by atoms with Gasteiger partial charge in [0.25, 0.3) is 0 Å². The van der Waals surface area contributed by atoms with Crippen LogP contribution in [0.3, 0.4) is 0 Å². The Morgan fingerprint density at radius 1 is 0.254 bits per heavy atom. The predicted molar refractivity (Wildman–Crippen MR) is 284 cm³/mol. The van der Waals surface area contributed by atoms with Crippen LogP contribution in [0.15, 0.2) is 218 Å². The third kappa shape index (κ3) is 6.70. The van der Waals surface area contributed by atoms with Crippen molar-refractivity contribution in [3.05, 3.63) is 263 Å². The van der Waals surface area contributed by atoms with E-state index in [4.69, 9.17) is 29.9 Å². The molecule has 2 atom stereocenters. The molecule has 11 aromatic rings. The Kier molecular flexibility index (Phi) is 9.27. The van der Waals surface area contributed by atoms with Gasteiger partial charge < -0.3 is 0 Å². The number of hydrogen-bond donors (Lipinski definition) is 0. The molecular weight excluding hydrogens is 865 g/mol. The van der Waals surface area contributed by atoms with Crippen LogP contribution in [-0.4, -0.2) is 29.9 Å². The number of benzene rings is 9. The van der Waals surface area contributed by atoms with E-state index in [1.54, 1.807) is 0 Å². The Labute approximate surface area is 412 Å². The Hall–Kier alpha value is -9.00. The molecule has 2 unspecified atom stereocenters. The van der Waals surface area contributed by atoms with Gasteiger partial charge in [0.15, 0.2) is 34.9 Å². The van der Waals surface area contributed by atoms with Gasteiger partial charge in [0.1, 0.15) is 0 Å². The third-order valence-corrected chi connectivity index (χ3v) is 15.0. The zero-order valence-electron chi connectivity index (χ0n) is 39.1. The quantitative estimate of drug-likeness (QED) is 0.159.